The lowest BCUT2D eigenvalue weighted by molar-refractivity contribution is -0.124. The topological polar surface area (TPSA) is 63.1 Å². The van der Waals surface area contributed by atoms with Gasteiger partial charge in [-0.05, 0) is 32.9 Å². The number of amides is 1. The Labute approximate surface area is 107 Å². The molecule has 100 valence electrons. The molecule has 1 saturated heterocycles. The van der Waals surface area contributed by atoms with Gasteiger partial charge in [0, 0.05) is 12.6 Å². The van der Waals surface area contributed by atoms with Crippen molar-refractivity contribution in [3.05, 3.63) is 12.7 Å². The fraction of sp³-hybridized carbons (Fsp3) is 0.750. The van der Waals surface area contributed by atoms with Crippen LogP contribution in [0.5, 0.6) is 0 Å². The number of rotatable bonds is 5. The number of likely N-dealkylation sites (tertiary alicyclic amines) is 1. The molecular weight excluding hydrogens is 230 g/mol. The van der Waals surface area contributed by atoms with E-state index < -0.39 is 0 Å². The molecule has 1 amide bonds. The van der Waals surface area contributed by atoms with Crippen molar-refractivity contribution in [2.45, 2.75) is 38.8 Å². The van der Waals surface area contributed by atoms with Gasteiger partial charge in [0.2, 0.25) is 5.91 Å². The molecule has 18 heavy (non-hydrogen) atoms. The monoisotopic (exact) mass is 251 g/mol. The van der Waals surface area contributed by atoms with Crippen LogP contribution in [-0.4, -0.2) is 51.2 Å². The Morgan fingerprint density at radius 1 is 1.61 bits per heavy atom. The van der Waals surface area contributed by atoms with Gasteiger partial charge in [-0.1, -0.05) is 6.92 Å². The summed E-state index contributed by atoms with van der Waals surface area (Å²) >= 11 is 0. The quantitative estimate of drug-likeness (QED) is 0.825. The van der Waals surface area contributed by atoms with E-state index in [-0.39, 0.29) is 11.9 Å². The second kappa shape index (κ2) is 5.95. The standard InChI is InChI=1S/C12H21N5O/c1-3-16-6-4-5-11(16)7-14-12(18)10(2)17-9-13-8-15-17/h8-11H,3-7H2,1-2H3,(H,14,18)/t10-,11+/m1/s1. The van der Waals surface area contributed by atoms with Gasteiger partial charge in [-0.3, -0.25) is 9.69 Å². The summed E-state index contributed by atoms with van der Waals surface area (Å²) in [6.07, 6.45) is 5.41. The molecule has 0 unspecified atom stereocenters. The maximum absolute atomic E-state index is 12.0. The fourth-order valence-corrected chi connectivity index (χ4v) is 2.45. The van der Waals surface area contributed by atoms with Crippen LogP contribution in [0, 0.1) is 0 Å². The van der Waals surface area contributed by atoms with E-state index in [9.17, 15) is 4.79 Å². The molecule has 0 spiro atoms. The van der Waals surface area contributed by atoms with E-state index >= 15 is 0 Å². The van der Waals surface area contributed by atoms with E-state index in [2.05, 4.69) is 27.2 Å². The zero-order chi connectivity index (χ0) is 13.0. The largest absolute Gasteiger partial charge is 0.353 e. The van der Waals surface area contributed by atoms with E-state index in [0.29, 0.717) is 6.04 Å². The van der Waals surface area contributed by atoms with Gasteiger partial charge in [0.15, 0.2) is 0 Å². The van der Waals surface area contributed by atoms with Gasteiger partial charge in [0.1, 0.15) is 18.7 Å². The van der Waals surface area contributed by atoms with E-state index in [0.717, 1.165) is 19.6 Å². The Hall–Kier alpha value is -1.43. The first-order chi connectivity index (χ1) is 8.72. The summed E-state index contributed by atoms with van der Waals surface area (Å²) in [4.78, 5) is 18.2. The average molecular weight is 251 g/mol. The van der Waals surface area contributed by atoms with Crippen LogP contribution in [0.25, 0.3) is 0 Å². The molecule has 0 saturated carbocycles. The molecule has 1 aromatic heterocycles. The summed E-state index contributed by atoms with van der Waals surface area (Å²) in [5, 5.41) is 6.99. The molecule has 6 nitrogen and oxygen atoms in total. The zero-order valence-corrected chi connectivity index (χ0v) is 11.0. The molecule has 1 aromatic rings. The van der Waals surface area contributed by atoms with Gasteiger partial charge < -0.3 is 5.32 Å². The molecule has 2 atom stereocenters. The lowest BCUT2D eigenvalue weighted by Gasteiger charge is -2.23. The van der Waals surface area contributed by atoms with Gasteiger partial charge >= 0.3 is 0 Å². The van der Waals surface area contributed by atoms with Crippen molar-refractivity contribution in [1.29, 1.82) is 0 Å². The van der Waals surface area contributed by atoms with E-state index in [1.807, 2.05) is 6.92 Å². The van der Waals surface area contributed by atoms with Crippen molar-refractivity contribution in [2.75, 3.05) is 19.6 Å². The minimum absolute atomic E-state index is 0.00320. The minimum Gasteiger partial charge on any atom is -0.353 e. The SMILES string of the molecule is CCN1CCC[C@H]1CNC(=O)[C@@H](C)n1cncn1. The Morgan fingerprint density at radius 3 is 3.11 bits per heavy atom. The highest BCUT2D eigenvalue weighted by molar-refractivity contribution is 5.79. The van der Waals surface area contributed by atoms with Crippen molar-refractivity contribution in [3.8, 4) is 0 Å². The van der Waals surface area contributed by atoms with E-state index in [1.165, 1.54) is 19.2 Å². The molecule has 0 bridgehead atoms. The third kappa shape index (κ3) is 2.87. The Kier molecular flexibility index (Phi) is 4.30. The summed E-state index contributed by atoms with van der Waals surface area (Å²) in [6, 6.07) is 0.186. The van der Waals surface area contributed by atoms with Gasteiger partial charge in [-0.2, -0.15) is 5.10 Å². The Bertz CT molecular complexity index is 378. The number of carbonyl (C=O) groups is 1. The predicted molar refractivity (Wildman–Crippen MR) is 68.0 cm³/mol. The fourth-order valence-electron chi connectivity index (χ4n) is 2.45. The first kappa shape index (κ1) is 13.0. The predicted octanol–water partition coefficient (Wildman–Crippen LogP) is 0.440. The highest BCUT2D eigenvalue weighted by atomic mass is 16.2. The third-order valence-corrected chi connectivity index (χ3v) is 3.63. The summed E-state index contributed by atoms with van der Waals surface area (Å²) < 4.78 is 1.57. The first-order valence-electron chi connectivity index (χ1n) is 6.58. The molecule has 0 aromatic carbocycles. The summed E-state index contributed by atoms with van der Waals surface area (Å²) in [5.74, 6) is 0.00320. The number of likely N-dealkylation sites (N-methyl/N-ethyl adjacent to an activating group) is 1. The second-order valence-electron chi connectivity index (χ2n) is 4.72. The van der Waals surface area contributed by atoms with Crippen molar-refractivity contribution in [2.24, 2.45) is 0 Å². The lowest BCUT2D eigenvalue weighted by Crippen LogP contribution is -2.42. The Morgan fingerprint density at radius 2 is 2.44 bits per heavy atom. The number of hydrogen-bond donors (Lipinski definition) is 1. The van der Waals surface area contributed by atoms with Crippen LogP contribution in [0.4, 0.5) is 0 Å². The number of hydrogen-bond acceptors (Lipinski definition) is 4. The smallest absolute Gasteiger partial charge is 0.244 e. The number of nitrogens with one attached hydrogen (secondary N) is 1. The molecule has 6 heteroatoms. The van der Waals surface area contributed by atoms with Crippen LogP contribution in [0.1, 0.15) is 32.7 Å². The first-order valence-corrected chi connectivity index (χ1v) is 6.58. The maximum atomic E-state index is 12.0. The molecule has 2 heterocycles. The normalized spacial score (nSPS) is 22.0. The highest BCUT2D eigenvalue weighted by Gasteiger charge is 2.24. The molecule has 1 N–H and O–H groups in total. The number of carbonyl (C=O) groups excluding carboxylic acids is 1. The average Bonchev–Trinajstić information content (AvgIpc) is 3.05. The molecule has 2 rings (SSSR count). The third-order valence-electron chi connectivity index (χ3n) is 3.63. The summed E-state index contributed by atoms with van der Waals surface area (Å²) in [7, 11) is 0. The van der Waals surface area contributed by atoms with Crippen molar-refractivity contribution < 1.29 is 4.79 Å². The van der Waals surface area contributed by atoms with Crippen LogP contribution in [0.2, 0.25) is 0 Å². The van der Waals surface area contributed by atoms with Crippen LogP contribution < -0.4 is 5.32 Å². The molecule has 1 aliphatic heterocycles. The lowest BCUT2D eigenvalue weighted by atomic mass is 10.2. The van der Waals surface area contributed by atoms with Crippen LogP contribution in [0.15, 0.2) is 12.7 Å². The molecule has 1 aliphatic rings. The van der Waals surface area contributed by atoms with Crippen LogP contribution >= 0.6 is 0 Å². The highest BCUT2D eigenvalue weighted by Crippen LogP contribution is 2.15. The van der Waals surface area contributed by atoms with Gasteiger partial charge in [0.25, 0.3) is 0 Å². The molecule has 0 aliphatic carbocycles. The summed E-state index contributed by atoms with van der Waals surface area (Å²) in [5.41, 5.74) is 0. The molecular formula is C12H21N5O. The van der Waals surface area contributed by atoms with Gasteiger partial charge in [-0.25, -0.2) is 9.67 Å². The second-order valence-corrected chi connectivity index (χ2v) is 4.72. The summed E-state index contributed by atoms with van der Waals surface area (Å²) in [6.45, 7) is 6.93. The molecule has 0 radical (unpaired) electrons. The number of nitrogens with zero attached hydrogens (tertiary/aromatic N) is 4. The van der Waals surface area contributed by atoms with Gasteiger partial charge in [0.05, 0.1) is 0 Å². The Balaban J connectivity index is 1.81. The van der Waals surface area contributed by atoms with Crippen LogP contribution in [0.3, 0.4) is 0 Å². The molecule has 1 fully saturated rings. The minimum atomic E-state index is -0.302. The van der Waals surface area contributed by atoms with E-state index in [1.54, 1.807) is 11.0 Å². The van der Waals surface area contributed by atoms with Gasteiger partial charge in [-0.15, -0.1) is 0 Å². The zero-order valence-electron chi connectivity index (χ0n) is 11.0. The van der Waals surface area contributed by atoms with Crippen molar-refractivity contribution >= 4 is 5.91 Å². The van der Waals surface area contributed by atoms with Crippen molar-refractivity contribution in [1.82, 2.24) is 25.0 Å². The van der Waals surface area contributed by atoms with E-state index in [4.69, 9.17) is 0 Å². The van der Waals surface area contributed by atoms with Crippen molar-refractivity contribution in [3.63, 3.8) is 0 Å². The number of aromatic nitrogens is 3. The maximum Gasteiger partial charge on any atom is 0.244 e. The van der Waals surface area contributed by atoms with Crippen LogP contribution in [-0.2, 0) is 4.79 Å².